The van der Waals surface area contributed by atoms with Gasteiger partial charge in [0.2, 0.25) is 0 Å². The van der Waals surface area contributed by atoms with Crippen LogP contribution in [0.15, 0.2) is 77.7 Å². The number of hydrogen-bond acceptors (Lipinski definition) is 4. The predicted octanol–water partition coefficient (Wildman–Crippen LogP) is 4.31. The Kier molecular flexibility index (Phi) is 6.19. The molecule has 2 N–H and O–H groups in total. The van der Waals surface area contributed by atoms with Crippen LogP contribution in [0.2, 0.25) is 0 Å². The standard InChI is InChI=1S/C22H22N2O4S/c1-3-16-11-13-18(14-12-16)23-22(25)17-7-6-8-19(15-17)29(26,27)24-20-9-4-5-10-21(20)28-2/h4-15,24H,3H2,1-2H3,(H,23,25). The van der Waals surface area contributed by atoms with Gasteiger partial charge in [-0.15, -0.1) is 0 Å². The summed E-state index contributed by atoms with van der Waals surface area (Å²) in [6.07, 6.45) is 0.910. The molecule has 6 nitrogen and oxygen atoms in total. The summed E-state index contributed by atoms with van der Waals surface area (Å²) in [4.78, 5) is 12.5. The Morgan fingerprint density at radius 3 is 2.38 bits per heavy atom. The molecule has 0 saturated heterocycles. The van der Waals surface area contributed by atoms with E-state index in [1.807, 2.05) is 24.3 Å². The van der Waals surface area contributed by atoms with Crippen molar-refractivity contribution >= 4 is 27.3 Å². The van der Waals surface area contributed by atoms with Crippen molar-refractivity contribution in [3.8, 4) is 5.75 Å². The van der Waals surface area contributed by atoms with Crippen molar-refractivity contribution in [2.75, 3.05) is 17.1 Å². The van der Waals surface area contributed by atoms with Crippen molar-refractivity contribution in [2.24, 2.45) is 0 Å². The fourth-order valence-electron chi connectivity index (χ4n) is 2.76. The van der Waals surface area contributed by atoms with Crippen molar-refractivity contribution < 1.29 is 17.9 Å². The summed E-state index contributed by atoms with van der Waals surface area (Å²) in [5.74, 6) is 0.0177. The van der Waals surface area contributed by atoms with E-state index >= 15 is 0 Å². The molecule has 3 rings (SSSR count). The van der Waals surface area contributed by atoms with Crippen LogP contribution in [0.5, 0.6) is 5.75 Å². The molecule has 0 bridgehead atoms. The fraction of sp³-hybridized carbons (Fsp3) is 0.136. The number of amides is 1. The van der Waals surface area contributed by atoms with Crippen molar-refractivity contribution in [1.29, 1.82) is 0 Å². The van der Waals surface area contributed by atoms with Crippen LogP contribution in [0.1, 0.15) is 22.8 Å². The molecular weight excluding hydrogens is 388 g/mol. The average Bonchev–Trinajstić information content (AvgIpc) is 2.74. The minimum atomic E-state index is -3.89. The van der Waals surface area contributed by atoms with Gasteiger partial charge in [-0.3, -0.25) is 9.52 Å². The van der Waals surface area contributed by atoms with E-state index in [1.165, 1.54) is 30.9 Å². The molecule has 0 atom stereocenters. The minimum absolute atomic E-state index is 0.0163. The Bertz CT molecular complexity index is 1110. The lowest BCUT2D eigenvalue weighted by atomic mass is 10.1. The monoisotopic (exact) mass is 410 g/mol. The second kappa shape index (κ2) is 8.79. The summed E-state index contributed by atoms with van der Waals surface area (Å²) in [5, 5.41) is 2.78. The van der Waals surface area contributed by atoms with Crippen LogP contribution in [0.4, 0.5) is 11.4 Å². The van der Waals surface area contributed by atoms with Gasteiger partial charge in [0.25, 0.3) is 15.9 Å². The quantitative estimate of drug-likeness (QED) is 0.608. The summed E-state index contributed by atoms with van der Waals surface area (Å²) in [5.41, 5.74) is 2.37. The molecule has 0 saturated carbocycles. The number of carbonyl (C=O) groups is 1. The molecule has 0 spiro atoms. The van der Waals surface area contributed by atoms with E-state index in [2.05, 4.69) is 17.0 Å². The third kappa shape index (κ3) is 4.94. The molecule has 0 unspecified atom stereocenters. The first-order valence-electron chi connectivity index (χ1n) is 9.09. The lowest BCUT2D eigenvalue weighted by Gasteiger charge is -2.12. The van der Waals surface area contributed by atoms with Gasteiger partial charge in [0.15, 0.2) is 0 Å². The molecule has 1 amide bonds. The van der Waals surface area contributed by atoms with Gasteiger partial charge < -0.3 is 10.1 Å². The third-order valence-corrected chi connectivity index (χ3v) is 5.74. The fourth-order valence-corrected chi connectivity index (χ4v) is 3.88. The van der Waals surface area contributed by atoms with Crippen LogP contribution >= 0.6 is 0 Å². The number of carbonyl (C=O) groups excluding carboxylic acids is 1. The Morgan fingerprint density at radius 2 is 1.69 bits per heavy atom. The van der Waals surface area contributed by atoms with E-state index in [0.717, 1.165) is 6.42 Å². The molecule has 0 aliphatic rings. The van der Waals surface area contributed by atoms with Gasteiger partial charge in [0.1, 0.15) is 5.75 Å². The summed E-state index contributed by atoms with van der Waals surface area (Å²) >= 11 is 0. The van der Waals surface area contributed by atoms with E-state index < -0.39 is 10.0 Å². The predicted molar refractivity (Wildman–Crippen MR) is 114 cm³/mol. The van der Waals surface area contributed by atoms with Gasteiger partial charge in [-0.2, -0.15) is 0 Å². The maximum atomic E-state index is 12.8. The van der Waals surface area contributed by atoms with Crippen LogP contribution in [-0.2, 0) is 16.4 Å². The summed E-state index contributed by atoms with van der Waals surface area (Å²) in [6.45, 7) is 2.05. The molecule has 29 heavy (non-hydrogen) atoms. The highest BCUT2D eigenvalue weighted by Crippen LogP contribution is 2.26. The zero-order valence-corrected chi connectivity index (χ0v) is 17.0. The van der Waals surface area contributed by atoms with Crippen molar-refractivity contribution in [1.82, 2.24) is 0 Å². The number of para-hydroxylation sites is 2. The smallest absolute Gasteiger partial charge is 0.262 e. The van der Waals surface area contributed by atoms with E-state index in [1.54, 1.807) is 30.3 Å². The average molecular weight is 410 g/mol. The number of ether oxygens (including phenoxy) is 1. The summed E-state index contributed by atoms with van der Waals surface area (Å²) in [6, 6.07) is 20.1. The zero-order chi connectivity index (χ0) is 20.9. The van der Waals surface area contributed by atoms with Gasteiger partial charge in [0, 0.05) is 11.3 Å². The number of aryl methyl sites for hydroxylation is 1. The molecule has 7 heteroatoms. The molecule has 150 valence electrons. The first kappa shape index (κ1) is 20.4. The maximum Gasteiger partial charge on any atom is 0.262 e. The Morgan fingerprint density at radius 1 is 0.966 bits per heavy atom. The van der Waals surface area contributed by atoms with Gasteiger partial charge in [-0.1, -0.05) is 37.3 Å². The lowest BCUT2D eigenvalue weighted by Crippen LogP contribution is -2.16. The topological polar surface area (TPSA) is 84.5 Å². The molecule has 0 fully saturated rings. The van der Waals surface area contributed by atoms with Crippen molar-refractivity contribution in [2.45, 2.75) is 18.2 Å². The highest BCUT2D eigenvalue weighted by Gasteiger charge is 2.18. The molecule has 0 aromatic heterocycles. The summed E-state index contributed by atoms with van der Waals surface area (Å²) < 4.78 is 33.2. The number of benzene rings is 3. The molecule has 0 radical (unpaired) electrons. The number of rotatable bonds is 7. The molecule has 0 heterocycles. The van der Waals surface area contributed by atoms with E-state index in [9.17, 15) is 13.2 Å². The highest BCUT2D eigenvalue weighted by molar-refractivity contribution is 7.92. The van der Waals surface area contributed by atoms with Gasteiger partial charge in [-0.05, 0) is 54.4 Å². The minimum Gasteiger partial charge on any atom is -0.495 e. The third-order valence-electron chi connectivity index (χ3n) is 4.38. The molecular formula is C22H22N2O4S. The second-order valence-corrected chi connectivity index (χ2v) is 8.02. The Labute approximate surface area is 170 Å². The first-order chi connectivity index (χ1) is 13.9. The molecule has 3 aromatic carbocycles. The van der Waals surface area contributed by atoms with E-state index in [0.29, 0.717) is 17.1 Å². The second-order valence-electron chi connectivity index (χ2n) is 6.34. The number of anilines is 2. The van der Waals surface area contributed by atoms with Crippen LogP contribution in [0.25, 0.3) is 0 Å². The number of sulfonamides is 1. The molecule has 0 aliphatic heterocycles. The highest BCUT2D eigenvalue weighted by atomic mass is 32.2. The van der Waals surface area contributed by atoms with E-state index in [4.69, 9.17) is 4.74 Å². The first-order valence-corrected chi connectivity index (χ1v) is 10.6. The Hall–Kier alpha value is -3.32. The largest absolute Gasteiger partial charge is 0.495 e. The number of methoxy groups -OCH3 is 1. The zero-order valence-electron chi connectivity index (χ0n) is 16.2. The molecule has 3 aromatic rings. The van der Waals surface area contributed by atoms with Crippen LogP contribution in [-0.4, -0.2) is 21.4 Å². The Balaban J connectivity index is 1.81. The van der Waals surface area contributed by atoms with E-state index in [-0.39, 0.29) is 16.4 Å². The van der Waals surface area contributed by atoms with Crippen molar-refractivity contribution in [3.05, 3.63) is 83.9 Å². The number of hydrogen-bond donors (Lipinski definition) is 2. The van der Waals surface area contributed by atoms with Crippen LogP contribution in [0.3, 0.4) is 0 Å². The van der Waals surface area contributed by atoms with Gasteiger partial charge >= 0.3 is 0 Å². The molecule has 0 aliphatic carbocycles. The SMILES string of the molecule is CCc1ccc(NC(=O)c2cccc(S(=O)(=O)Nc3ccccc3OC)c2)cc1. The van der Waals surface area contributed by atoms with Crippen molar-refractivity contribution in [3.63, 3.8) is 0 Å². The summed E-state index contributed by atoms with van der Waals surface area (Å²) in [7, 11) is -2.43. The van der Waals surface area contributed by atoms with Crippen LogP contribution < -0.4 is 14.8 Å². The van der Waals surface area contributed by atoms with Gasteiger partial charge in [0.05, 0.1) is 17.7 Å². The maximum absolute atomic E-state index is 12.8. The normalized spacial score (nSPS) is 11.0. The van der Waals surface area contributed by atoms with Crippen LogP contribution in [0, 0.1) is 0 Å². The number of nitrogens with one attached hydrogen (secondary N) is 2. The van der Waals surface area contributed by atoms with Gasteiger partial charge in [-0.25, -0.2) is 8.42 Å². The lowest BCUT2D eigenvalue weighted by molar-refractivity contribution is 0.102.